The molecule has 1 amide bonds. The molecule has 0 aliphatic carbocycles. The van der Waals surface area contributed by atoms with Gasteiger partial charge < -0.3 is 5.32 Å². The monoisotopic (exact) mass is 259 g/mol. The van der Waals surface area contributed by atoms with Gasteiger partial charge in [-0.15, -0.1) is 11.3 Å². The third kappa shape index (κ3) is 2.99. The number of benzene rings is 1. The Kier molecular flexibility index (Phi) is 3.82. The molecule has 0 bridgehead atoms. The Labute approximate surface area is 112 Å². The van der Waals surface area contributed by atoms with Crippen molar-refractivity contribution in [2.24, 2.45) is 0 Å². The van der Waals surface area contributed by atoms with Crippen molar-refractivity contribution in [3.8, 4) is 0 Å². The van der Waals surface area contributed by atoms with Gasteiger partial charge in [0, 0.05) is 10.4 Å². The summed E-state index contributed by atoms with van der Waals surface area (Å²) in [4.78, 5) is 13.3. The predicted octanol–water partition coefficient (Wildman–Crippen LogP) is 3.86. The Balaban J connectivity index is 2.12. The van der Waals surface area contributed by atoms with Gasteiger partial charge in [0.1, 0.15) is 0 Å². The molecule has 1 N–H and O–H groups in total. The van der Waals surface area contributed by atoms with Gasteiger partial charge in [-0.1, -0.05) is 23.3 Å². The molecule has 18 heavy (non-hydrogen) atoms. The maximum Gasteiger partial charge on any atom is 0.251 e. The molecule has 1 aromatic carbocycles. The van der Waals surface area contributed by atoms with Gasteiger partial charge >= 0.3 is 0 Å². The Morgan fingerprint density at radius 3 is 2.44 bits per heavy atom. The van der Waals surface area contributed by atoms with Crippen LogP contribution in [0, 0.1) is 13.8 Å². The maximum atomic E-state index is 12.1. The lowest BCUT2D eigenvalue weighted by Crippen LogP contribution is -2.26. The summed E-state index contributed by atoms with van der Waals surface area (Å²) >= 11 is 1.66. The highest BCUT2D eigenvalue weighted by molar-refractivity contribution is 7.10. The van der Waals surface area contributed by atoms with Crippen molar-refractivity contribution in [1.29, 1.82) is 0 Å². The van der Waals surface area contributed by atoms with Crippen molar-refractivity contribution in [1.82, 2.24) is 5.32 Å². The van der Waals surface area contributed by atoms with E-state index in [1.54, 1.807) is 11.3 Å². The normalized spacial score (nSPS) is 12.2. The summed E-state index contributed by atoms with van der Waals surface area (Å²) in [5, 5.41) is 5.05. The van der Waals surface area contributed by atoms with Crippen LogP contribution < -0.4 is 5.32 Å². The molecule has 0 spiro atoms. The van der Waals surface area contributed by atoms with Crippen LogP contribution in [0.5, 0.6) is 0 Å². The minimum absolute atomic E-state index is 0.0114. The summed E-state index contributed by atoms with van der Waals surface area (Å²) in [7, 11) is 0. The Bertz CT molecular complexity index is 525. The standard InChI is InChI=1S/C15H17NOS/c1-10-7-11(2)9-13(8-10)15(17)16-12(3)14-5-4-6-18-14/h4-9,12H,1-3H3,(H,16,17)/t12-/m0/s1. The van der Waals surface area contributed by atoms with Crippen LogP contribution in [0.3, 0.4) is 0 Å². The fourth-order valence-electron chi connectivity index (χ4n) is 1.99. The number of amides is 1. The zero-order chi connectivity index (χ0) is 13.1. The number of nitrogens with one attached hydrogen (secondary N) is 1. The molecule has 94 valence electrons. The van der Waals surface area contributed by atoms with E-state index in [1.807, 2.05) is 50.4 Å². The van der Waals surface area contributed by atoms with Crippen LogP contribution in [0.4, 0.5) is 0 Å². The summed E-state index contributed by atoms with van der Waals surface area (Å²) in [5.41, 5.74) is 2.96. The lowest BCUT2D eigenvalue weighted by Gasteiger charge is -2.13. The average molecular weight is 259 g/mol. The predicted molar refractivity (Wildman–Crippen MR) is 76.1 cm³/mol. The summed E-state index contributed by atoms with van der Waals surface area (Å²) in [6.07, 6.45) is 0. The van der Waals surface area contributed by atoms with E-state index in [1.165, 1.54) is 4.88 Å². The average Bonchev–Trinajstić information content (AvgIpc) is 2.80. The molecule has 0 unspecified atom stereocenters. The minimum Gasteiger partial charge on any atom is -0.345 e. The van der Waals surface area contributed by atoms with Crippen LogP contribution in [0.15, 0.2) is 35.7 Å². The fraction of sp³-hybridized carbons (Fsp3) is 0.267. The van der Waals surface area contributed by atoms with Gasteiger partial charge in [0.25, 0.3) is 5.91 Å². The van der Waals surface area contributed by atoms with Gasteiger partial charge in [-0.2, -0.15) is 0 Å². The molecule has 2 aromatic rings. The van der Waals surface area contributed by atoms with E-state index in [-0.39, 0.29) is 11.9 Å². The summed E-state index contributed by atoms with van der Waals surface area (Å²) in [6, 6.07) is 10.0. The molecule has 0 saturated carbocycles. The minimum atomic E-state index is -0.0114. The third-order valence-corrected chi connectivity index (χ3v) is 3.86. The van der Waals surface area contributed by atoms with Gasteiger partial charge in [-0.25, -0.2) is 0 Å². The smallest absolute Gasteiger partial charge is 0.251 e. The second-order valence-electron chi connectivity index (χ2n) is 4.59. The van der Waals surface area contributed by atoms with Crippen molar-refractivity contribution in [3.05, 3.63) is 57.3 Å². The molecule has 0 aliphatic rings. The topological polar surface area (TPSA) is 29.1 Å². The largest absolute Gasteiger partial charge is 0.345 e. The molecule has 0 saturated heterocycles. The second kappa shape index (κ2) is 5.36. The summed E-state index contributed by atoms with van der Waals surface area (Å²) in [6.45, 7) is 6.02. The molecular formula is C15H17NOS. The van der Waals surface area contributed by atoms with Crippen LogP contribution in [-0.4, -0.2) is 5.91 Å². The van der Waals surface area contributed by atoms with Crippen molar-refractivity contribution in [2.75, 3.05) is 0 Å². The quantitative estimate of drug-likeness (QED) is 0.891. The van der Waals surface area contributed by atoms with Crippen LogP contribution in [0.2, 0.25) is 0 Å². The van der Waals surface area contributed by atoms with E-state index >= 15 is 0 Å². The molecule has 0 aliphatic heterocycles. The Morgan fingerprint density at radius 2 is 1.89 bits per heavy atom. The number of hydrogen-bond acceptors (Lipinski definition) is 2. The van der Waals surface area contributed by atoms with Gasteiger partial charge in [0.2, 0.25) is 0 Å². The molecule has 0 radical (unpaired) electrons. The molecule has 2 rings (SSSR count). The fourth-order valence-corrected chi connectivity index (χ4v) is 2.73. The summed E-state index contributed by atoms with van der Waals surface area (Å²) in [5.74, 6) is -0.0114. The first-order valence-corrected chi connectivity index (χ1v) is 6.87. The number of carbonyl (C=O) groups excluding carboxylic acids is 1. The molecule has 2 nitrogen and oxygen atoms in total. The highest BCUT2D eigenvalue weighted by atomic mass is 32.1. The van der Waals surface area contributed by atoms with Crippen molar-refractivity contribution < 1.29 is 4.79 Å². The Morgan fingerprint density at radius 1 is 1.22 bits per heavy atom. The first-order valence-electron chi connectivity index (χ1n) is 5.99. The number of hydrogen-bond donors (Lipinski definition) is 1. The number of aryl methyl sites for hydroxylation is 2. The van der Waals surface area contributed by atoms with Gasteiger partial charge in [0.15, 0.2) is 0 Å². The van der Waals surface area contributed by atoms with Crippen LogP contribution in [0.25, 0.3) is 0 Å². The van der Waals surface area contributed by atoms with Crippen LogP contribution in [-0.2, 0) is 0 Å². The molecule has 1 atom stereocenters. The van der Waals surface area contributed by atoms with Gasteiger partial charge in [-0.3, -0.25) is 4.79 Å². The first kappa shape index (κ1) is 12.8. The molecule has 1 heterocycles. The van der Waals surface area contributed by atoms with E-state index in [0.717, 1.165) is 16.7 Å². The van der Waals surface area contributed by atoms with Crippen molar-refractivity contribution in [2.45, 2.75) is 26.8 Å². The van der Waals surface area contributed by atoms with E-state index in [9.17, 15) is 4.79 Å². The zero-order valence-electron chi connectivity index (χ0n) is 10.9. The molecular weight excluding hydrogens is 242 g/mol. The summed E-state index contributed by atoms with van der Waals surface area (Å²) < 4.78 is 0. The Hall–Kier alpha value is -1.61. The molecule has 3 heteroatoms. The first-order chi connectivity index (χ1) is 8.56. The van der Waals surface area contributed by atoms with E-state index < -0.39 is 0 Å². The van der Waals surface area contributed by atoms with Crippen LogP contribution in [0.1, 0.15) is 39.3 Å². The van der Waals surface area contributed by atoms with Gasteiger partial charge in [-0.05, 0) is 44.4 Å². The second-order valence-corrected chi connectivity index (χ2v) is 5.57. The van der Waals surface area contributed by atoms with E-state index in [0.29, 0.717) is 0 Å². The zero-order valence-corrected chi connectivity index (χ0v) is 11.7. The van der Waals surface area contributed by atoms with Gasteiger partial charge in [0.05, 0.1) is 6.04 Å². The highest BCUT2D eigenvalue weighted by Gasteiger charge is 2.12. The number of rotatable bonds is 3. The lowest BCUT2D eigenvalue weighted by atomic mass is 10.1. The van der Waals surface area contributed by atoms with E-state index in [2.05, 4.69) is 11.4 Å². The molecule has 1 aromatic heterocycles. The lowest BCUT2D eigenvalue weighted by molar-refractivity contribution is 0.0940. The third-order valence-electron chi connectivity index (χ3n) is 2.80. The molecule has 0 fully saturated rings. The van der Waals surface area contributed by atoms with Crippen LogP contribution >= 0.6 is 11.3 Å². The number of thiophene rings is 1. The van der Waals surface area contributed by atoms with Crippen molar-refractivity contribution in [3.63, 3.8) is 0 Å². The SMILES string of the molecule is Cc1cc(C)cc(C(=O)N[C@@H](C)c2cccs2)c1. The van der Waals surface area contributed by atoms with Crippen molar-refractivity contribution >= 4 is 17.2 Å². The maximum absolute atomic E-state index is 12.1. The number of carbonyl (C=O) groups is 1. The van der Waals surface area contributed by atoms with E-state index in [4.69, 9.17) is 0 Å². The highest BCUT2D eigenvalue weighted by Crippen LogP contribution is 2.19.